The summed E-state index contributed by atoms with van der Waals surface area (Å²) >= 11 is 3.42. The second-order valence-electron chi connectivity index (χ2n) is 4.46. The van der Waals surface area contributed by atoms with Crippen molar-refractivity contribution in [3.63, 3.8) is 0 Å². The van der Waals surface area contributed by atoms with Gasteiger partial charge in [-0.05, 0) is 35.9 Å². The lowest BCUT2D eigenvalue weighted by atomic mass is 10.2. The fourth-order valence-corrected chi connectivity index (χ4v) is 2.20. The van der Waals surface area contributed by atoms with E-state index in [0.717, 1.165) is 21.5 Å². The molecule has 21 heavy (non-hydrogen) atoms. The molecule has 5 heteroatoms. The summed E-state index contributed by atoms with van der Waals surface area (Å²) < 4.78 is 24.6. The number of hydrogen-bond donors (Lipinski definition) is 1. The molecule has 3 nitrogen and oxygen atoms in total. The molecule has 1 N–H and O–H groups in total. The molecule has 2 aromatic rings. The Labute approximate surface area is 132 Å². The van der Waals surface area contributed by atoms with Gasteiger partial charge < -0.3 is 14.8 Å². The van der Waals surface area contributed by atoms with Crippen LogP contribution in [-0.4, -0.2) is 20.3 Å². The summed E-state index contributed by atoms with van der Waals surface area (Å²) in [6, 6.07) is 12.3. The summed E-state index contributed by atoms with van der Waals surface area (Å²) in [7, 11) is 1.64. The van der Waals surface area contributed by atoms with Crippen LogP contribution in [0.4, 0.5) is 10.1 Å². The van der Waals surface area contributed by atoms with E-state index in [9.17, 15) is 4.39 Å². The van der Waals surface area contributed by atoms with Gasteiger partial charge in [0.05, 0.1) is 6.61 Å². The zero-order chi connectivity index (χ0) is 15.1. The third-order valence-corrected chi connectivity index (χ3v) is 3.65. The topological polar surface area (TPSA) is 30.5 Å². The van der Waals surface area contributed by atoms with Crippen molar-refractivity contribution >= 4 is 21.6 Å². The van der Waals surface area contributed by atoms with Gasteiger partial charge >= 0.3 is 0 Å². The average Bonchev–Trinajstić information content (AvgIpc) is 2.49. The summed E-state index contributed by atoms with van der Waals surface area (Å²) in [5.41, 5.74) is 1.78. The average molecular weight is 354 g/mol. The smallest absolute Gasteiger partial charge is 0.123 e. The number of hydrogen-bond acceptors (Lipinski definition) is 3. The monoisotopic (exact) mass is 353 g/mol. The Bertz CT molecular complexity index is 592. The zero-order valence-corrected chi connectivity index (χ0v) is 13.3. The Hall–Kier alpha value is -1.59. The Morgan fingerprint density at radius 1 is 1.14 bits per heavy atom. The second-order valence-corrected chi connectivity index (χ2v) is 5.31. The van der Waals surface area contributed by atoms with Gasteiger partial charge in [-0.2, -0.15) is 0 Å². The molecular weight excluding hydrogens is 337 g/mol. The van der Waals surface area contributed by atoms with Crippen LogP contribution in [0.2, 0.25) is 0 Å². The molecule has 0 amide bonds. The van der Waals surface area contributed by atoms with Gasteiger partial charge in [0.25, 0.3) is 0 Å². The highest BCUT2D eigenvalue weighted by atomic mass is 79.9. The maximum absolute atomic E-state index is 13.2. The normalized spacial score (nSPS) is 10.4. The number of nitrogens with one attached hydrogen (secondary N) is 1. The molecule has 0 atom stereocenters. The van der Waals surface area contributed by atoms with Crippen molar-refractivity contribution < 1.29 is 13.9 Å². The molecule has 0 spiro atoms. The van der Waals surface area contributed by atoms with Gasteiger partial charge in [-0.15, -0.1) is 0 Å². The molecule has 0 fully saturated rings. The van der Waals surface area contributed by atoms with Gasteiger partial charge in [0, 0.05) is 29.9 Å². The van der Waals surface area contributed by atoms with Crippen LogP contribution in [0.5, 0.6) is 5.75 Å². The molecule has 0 heterocycles. The fourth-order valence-electron chi connectivity index (χ4n) is 1.81. The van der Waals surface area contributed by atoms with Gasteiger partial charge in [-0.1, -0.05) is 22.0 Å². The second kappa shape index (κ2) is 8.00. The molecule has 0 radical (unpaired) electrons. The van der Waals surface area contributed by atoms with Crippen molar-refractivity contribution in [2.75, 3.05) is 25.6 Å². The molecule has 0 unspecified atom stereocenters. The van der Waals surface area contributed by atoms with E-state index in [1.807, 2.05) is 24.3 Å². The first-order valence-corrected chi connectivity index (χ1v) is 7.38. The molecule has 0 aliphatic carbocycles. The first-order chi connectivity index (χ1) is 10.2. The van der Waals surface area contributed by atoms with Crippen molar-refractivity contribution in [1.29, 1.82) is 0 Å². The Balaban J connectivity index is 1.96. The van der Waals surface area contributed by atoms with E-state index in [1.54, 1.807) is 13.2 Å². The SMILES string of the molecule is COCCOc1cccc(NCc2cc(F)ccc2Br)c1. The number of methoxy groups -OCH3 is 1. The lowest BCUT2D eigenvalue weighted by Gasteiger charge is -2.11. The van der Waals surface area contributed by atoms with Crippen LogP contribution in [0, 0.1) is 5.82 Å². The van der Waals surface area contributed by atoms with Crippen LogP contribution in [-0.2, 0) is 11.3 Å². The fraction of sp³-hybridized carbons (Fsp3) is 0.250. The largest absolute Gasteiger partial charge is 0.491 e. The molecule has 0 saturated heterocycles. The van der Waals surface area contributed by atoms with Crippen molar-refractivity contribution in [2.24, 2.45) is 0 Å². The van der Waals surface area contributed by atoms with Crippen LogP contribution in [0.25, 0.3) is 0 Å². The van der Waals surface area contributed by atoms with Gasteiger partial charge in [-0.25, -0.2) is 4.39 Å². The molecule has 0 aromatic heterocycles. The highest BCUT2D eigenvalue weighted by Gasteiger charge is 2.02. The van der Waals surface area contributed by atoms with Crippen LogP contribution in [0.3, 0.4) is 0 Å². The molecular formula is C16H17BrFNO2. The van der Waals surface area contributed by atoms with Gasteiger partial charge in [0.2, 0.25) is 0 Å². The minimum atomic E-state index is -0.244. The van der Waals surface area contributed by atoms with Crippen LogP contribution >= 0.6 is 15.9 Å². The molecule has 112 valence electrons. The molecule has 0 bridgehead atoms. The maximum atomic E-state index is 13.2. The molecule has 2 rings (SSSR count). The molecule has 0 saturated carbocycles. The summed E-state index contributed by atoms with van der Waals surface area (Å²) in [6.07, 6.45) is 0. The Morgan fingerprint density at radius 3 is 2.81 bits per heavy atom. The summed E-state index contributed by atoms with van der Waals surface area (Å²) in [5.74, 6) is 0.530. The van der Waals surface area contributed by atoms with E-state index in [1.165, 1.54) is 12.1 Å². The highest BCUT2D eigenvalue weighted by Crippen LogP contribution is 2.21. The summed E-state index contributed by atoms with van der Waals surface area (Å²) in [6.45, 7) is 1.59. The number of rotatable bonds is 7. The first kappa shape index (κ1) is 15.8. The molecule has 0 aliphatic heterocycles. The number of halogens is 2. The van der Waals surface area contributed by atoms with E-state index < -0.39 is 0 Å². The molecule has 2 aromatic carbocycles. The minimum Gasteiger partial charge on any atom is -0.491 e. The minimum absolute atomic E-state index is 0.244. The summed E-state index contributed by atoms with van der Waals surface area (Å²) in [4.78, 5) is 0. The Kier molecular flexibility index (Phi) is 6.02. The highest BCUT2D eigenvalue weighted by molar-refractivity contribution is 9.10. The third-order valence-electron chi connectivity index (χ3n) is 2.88. The van der Waals surface area contributed by atoms with Crippen LogP contribution in [0.15, 0.2) is 46.9 Å². The van der Waals surface area contributed by atoms with Gasteiger partial charge in [0.15, 0.2) is 0 Å². The van der Waals surface area contributed by atoms with Crippen LogP contribution in [0.1, 0.15) is 5.56 Å². The first-order valence-electron chi connectivity index (χ1n) is 6.58. The quantitative estimate of drug-likeness (QED) is 0.755. The van der Waals surface area contributed by atoms with E-state index in [0.29, 0.717) is 19.8 Å². The number of ether oxygens (including phenoxy) is 2. The summed E-state index contributed by atoms with van der Waals surface area (Å²) in [5, 5.41) is 3.25. The van der Waals surface area contributed by atoms with E-state index >= 15 is 0 Å². The van der Waals surface area contributed by atoms with Crippen molar-refractivity contribution in [3.05, 3.63) is 58.3 Å². The van der Waals surface area contributed by atoms with Crippen LogP contribution < -0.4 is 10.1 Å². The maximum Gasteiger partial charge on any atom is 0.123 e. The predicted octanol–water partition coefficient (Wildman–Crippen LogP) is 4.23. The molecule has 0 aliphatic rings. The predicted molar refractivity (Wildman–Crippen MR) is 85.2 cm³/mol. The number of benzene rings is 2. The van der Waals surface area contributed by atoms with E-state index in [4.69, 9.17) is 9.47 Å². The van der Waals surface area contributed by atoms with Crippen molar-refractivity contribution in [2.45, 2.75) is 6.54 Å². The zero-order valence-electron chi connectivity index (χ0n) is 11.7. The van der Waals surface area contributed by atoms with E-state index in [2.05, 4.69) is 21.2 Å². The van der Waals surface area contributed by atoms with Crippen molar-refractivity contribution in [1.82, 2.24) is 0 Å². The van der Waals surface area contributed by atoms with Gasteiger partial charge in [0.1, 0.15) is 18.2 Å². The standard InChI is InChI=1S/C16H17BrFNO2/c1-20-7-8-21-15-4-2-3-14(10-15)19-11-12-9-13(18)5-6-16(12)17/h2-6,9-10,19H,7-8,11H2,1H3. The van der Waals surface area contributed by atoms with Crippen molar-refractivity contribution in [3.8, 4) is 5.75 Å². The third kappa shape index (κ3) is 5.02. The van der Waals surface area contributed by atoms with Gasteiger partial charge in [-0.3, -0.25) is 0 Å². The lowest BCUT2D eigenvalue weighted by molar-refractivity contribution is 0.146. The Morgan fingerprint density at radius 2 is 2.00 bits per heavy atom. The van der Waals surface area contributed by atoms with E-state index in [-0.39, 0.29) is 5.82 Å². The lowest BCUT2D eigenvalue weighted by Crippen LogP contribution is -2.05. The number of anilines is 1.